The van der Waals surface area contributed by atoms with Gasteiger partial charge in [0.1, 0.15) is 0 Å². The predicted molar refractivity (Wildman–Crippen MR) is 69.2 cm³/mol. The summed E-state index contributed by atoms with van der Waals surface area (Å²) >= 11 is 0. The fourth-order valence-corrected chi connectivity index (χ4v) is 1.85. The van der Waals surface area contributed by atoms with E-state index in [0.29, 0.717) is 12.1 Å². The Kier molecular flexibility index (Phi) is 4.41. The van der Waals surface area contributed by atoms with Gasteiger partial charge in [-0.05, 0) is 25.1 Å². The van der Waals surface area contributed by atoms with Crippen LogP contribution in [-0.2, 0) is 6.18 Å². The van der Waals surface area contributed by atoms with Crippen molar-refractivity contribution in [2.45, 2.75) is 13.1 Å². The summed E-state index contributed by atoms with van der Waals surface area (Å²) < 4.78 is 83.0. The Morgan fingerprint density at radius 2 is 1.54 bits per heavy atom. The van der Waals surface area contributed by atoms with Gasteiger partial charge >= 0.3 is 6.18 Å². The third-order valence-electron chi connectivity index (χ3n) is 2.98. The maximum absolute atomic E-state index is 13.7. The number of alkyl halides is 3. The number of nitro groups is 1. The molecule has 0 heterocycles. The number of hydrogen-bond donors (Lipinski definition) is 0. The highest BCUT2D eigenvalue weighted by Crippen LogP contribution is 2.37. The van der Waals surface area contributed by atoms with Crippen LogP contribution in [0.2, 0.25) is 0 Å². The summed E-state index contributed by atoms with van der Waals surface area (Å²) in [5.41, 5.74) is -2.25. The smallest absolute Gasteiger partial charge is 0.416 e. The molecule has 0 aliphatic carbocycles. The molecule has 0 atom stereocenters. The van der Waals surface area contributed by atoms with E-state index in [4.69, 9.17) is 0 Å². The second-order valence-corrected chi connectivity index (χ2v) is 4.70. The van der Waals surface area contributed by atoms with Gasteiger partial charge in [0.15, 0.2) is 29.0 Å². The minimum atomic E-state index is -4.99. The SMILES string of the molecule is Cc1cc(F)c(Oc2c(F)cc(C(F)(F)F)cc2F)cc1[N+](=O)[O-]. The summed E-state index contributed by atoms with van der Waals surface area (Å²) in [6.45, 7) is 1.23. The molecule has 2 aromatic rings. The molecule has 0 saturated carbocycles. The number of ether oxygens (including phenoxy) is 1. The van der Waals surface area contributed by atoms with Crippen molar-refractivity contribution >= 4 is 5.69 Å². The molecule has 0 bridgehead atoms. The maximum atomic E-state index is 13.7. The highest BCUT2D eigenvalue weighted by molar-refractivity contribution is 5.48. The average molecular weight is 351 g/mol. The van der Waals surface area contributed by atoms with Crippen LogP contribution in [0.3, 0.4) is 0 Å². The number of halogens is 6. The first-order chi connectivity index (χ1) is 11.0. The first kappa shape index (κ1) is 17.6. The van der Waals surface area contributed by atoms with Crippen LogP contribution >= 0.6 is 0 Å². The van der Waals surface area contributed by atoms with E-state index in [1.54, 1.807) is 0 Å². The molecule has 0 saturated heterocycles. The molecule has 0 radical (unpaired) electrons. The van der Waals surface area contributed by atoms with Crippen molar-refractivity contribution in [3.05, 3.63) is 63.0 Å². The van der Waals surface area contributed by atoms with Gasteiger partial charge in [-0.2, -0.15) is 13.2 Å². The van der Waals surface area contributed by atoms with Crippen LogP contribution in [0.4, 0.5) is 32.0 Å². The lowest BCUT2D eigenvalue weighted by Crippen LogP contribution is -2.07. The molecule has 0 fully saturated rings. The number of benzene rings is 2. The van der Waals surface area contributed by atoms with Gasteiger partial charge < -0.3 is 4.74 Å². The molecular formula is C14H7F6NO3. The van der Waals surface area contributed by atoms with Crippen molar-refractivity contribution in [2.75, 3.05) is 0 Å². The van der Waals surface area contributed by atoms with Crippen molar-refractivity contribution in [2.24, 2.45) is 0 Å². The monoisotopic (exact) mass is 351 g/mol. The first-order valence-corrected chi connectivity index (χ1v) is 6.19. The maximum Gasteiger partial charge on any atom is 0.416 e. The Bertz CT molecular complexity index is 796. The number of aryl methyl sites for hydroxylation is 1. The van der Waals surface area contributed by atoms with E-state index in [9.17, 15) is 36.5 Å². The summed E-state index contributed by atoms with van der Waals surface area (Å²) in [5.74, 6) is -6.84. The molecule has 24 heavy (non-hydrogen) atoms. The third-order valence-corrected chi connectivity index (χ3v) is 2.98. The zero-order chi connectivity index (χ0) is 18.2. The van der Waals surface area contributed by atoms with Gasteiger partial charge in [0.05, 0.1) is 16.6 Å². The first-order valence-electron chi connectivity index (χ1n) is 6.19. The van der Waals surface area contributed by atoms with E-state index in [2.05, 4.69) is 4.74 Å². The van der Waals surface area contributed by atoms with E-state index < -0.39 is 51.3 Å². The van der Waals surface area contributed by atoms with E-state index in [0.717, 1.165) is 0 Å². The van der Waals surface area contributed by atoms with Gasteiger partial charge in [0.2, 0.25) is 0 Å². The van der Waals surface area contributed by atoms with Gasteiger partial charge in [-0.1, -0.05) is 0 Å². The Balaban J connectivity index is 2.49. The fraction of sp³-hybridized carbons (Fsp3) is 0.143. The Morgan fingerprint density at radius 1 is 1.00 bits per heavy atom. The molecule has 0 unspecified atom stereocenters. The van der Waals surface area contributed by atoms with Crippen molar-refractivity contribution in [3.8, 4) is 11.5 Å². The molecule has 128 valence electrons. The molecule has 0 aliphatic heterocycles. The highest BCUT2D eigenvalue weighted by atomic mass is 19.4. The molecule has 0 aliphatic rings. The van der Waals surface area contributed by atoms with Crippen molar-refractivity contribution in [1.29, 1.82) is 0 Å². The average Bonchev–Trinajstić information content (AvgIpc) is 2.43. The molecule has 10 heteroatoms. The van der Waals surface area contributed by atoms with Crippen molar-refractivity contribution in [3.63, 3.8) is 0 Å². The molecule has 4 nitrogen and oxygen atoms in total. The van der Waals surface area contributed by atoms with Gasteiger partial charge in [-0.25, -0.2) is 13.2 Å². The summed E-state index contributed by atoms with van der Waals surface area (Å²) in [7, 11) is 0. The predicted octanol–water partition coefficient (Wildman–Crippen LogP) is 5.13. The summed E-state index contributed by atoms with van der Waals surface area (Å²) in [4.78, 5) is 9.91. The topological polar surface area (TPSA) is 52.4 Å². The fourth-order valence-electron chi connectivity index (χ4n) is 1.85. The van der Waals surface area contributed by atoms with Gasteiger partial charge in [-0.3, -0.25) is 10.1 Å². The minimum Gasteiger partial charge on any atom is -0.448 e. The number of nitro benzene ring substituents is 1. The molecule has 2 aromatic carbocycles. The van der Waals surface area contributed by atoms with Crippen molar-refractivity contribution in [1.82, 2.24) is 0 Å². The minimum absolute atomic E-state index is 0.0288. The summed E-state index contributed by atoms with van der Waals surface area (Å²) in [6, 6.07) is 1.23. The van der Waals surface area contributed by atoms with Crippen LogP contribution in [-0.4, -0.2) is 4.92 Å². The number of hydrogen-bond acceptors (Lipinski definition) is 3. The van der Waals surface area contributed by atoms with Crippen LogP contribution in [0.5, 0.6) is 11.5 Å². The third kappa shape index (κ3) is 3.42. The summed E-state index contributed by atoms with van der Waals surface area (Å²) in [5, 5.41) is 10.8. The van der Waals surface area contributed by atoms with Gasteiger partial charge in [0.25, 0.3) is 5.69 Å². The second kappa shape index (κ2) is 6.02. The lowest BCUT2D eigenvalue weighted by molar-refractivity contribution is -0.385. The largest absolute Gasteiger partial charge is 0.448 e. The van der Waals surface area contributed by atoms with Crippen LogP contribution in [0, 0.1) is 34.5 Å². The lowest BCUT2D eigenvalue weighted by atomic mass is 10.1. The van der Waals surface area contributed by atoms with E-state index in [1.165, 1.54) is 6.92 Å². The van der Waals surface area contributed by atoms with Gasteiger partial charge in [-0.15, -0.1) is 0 Å². The second-order valence-electron chi connectivity index (χ2n) is 4.70. The molecule has 0 spiro atoms. The zero-order valence-electron chi connectivity index (χ0n) is 11.7. The molecule has 0 N–H and O–H groups in total. The Labute approximate surface area is 130 Å². The molecular weight excluding hydrogens is 344 g/mol. The van der Waals surface area contributed by atoms with E-state index >= 15 is 0 Å². The van der Waals surface area contributed by atoms with Crippen LogP contribution in [0.25, 0.3) is 0 Å². The van der Waals surface area contributed by atoms with E-state index in [-0.39, 0.29) is 17.7 Å². The lowest BCUT2D eigenvalue weighted by Gasteiger charge is -2.12. The molecule has 0 aromatic heterocycles. The molecule has 0 amide bonds. The van der Waals surface area contributed by atoms with Crippen LogP contribution in [0.1, 0.15) is 11.1 Å². The molecule has 2 rings (SSSR count). The van der Waals surface area contributed by atoms with E-state index in [1.807, 2.05) is 0 Å². The standard InChI is InChI=1S/C14H7F6NO3/c1-6-2-8(15)12(5-11(6)21(22)23)24-13-9(16)3-7(4-10(13)17)14(18,19)20/h2-5H,1H3. The van der Waals surface area contributed by atoms with Gasteiger partial charge in [0, 0.05) is 5.56 Å². The normalized spacial score (nSPS) is 11.5. The van der Waals surface area contributed by atoms with Crippen LogP contribution in [0.15, 0.2) is 24.3 Å². The summed E-state index contributed by atoms with van der Waals surface area (Å²) in [6.07, 6.45) is -4.99. The van der Waals surface area contributed by atoms with Crippen LogP contribution < -0.4 is 4.74 Å². The van der Waals surface area contributed by atoms with Crippen molar-refractivity contribution < 1.29 is 36.0 Å². The quantitative estimate of drug-likeness (QED) is 0.438. The number of nitrogens with zero attached hydrogens (tertiary/aromatic N) is 1. The highest BCUT2D eigenvalue weighted by Gasteiger charge is 2.33. The number of rotatable bonds is 3. The Hall–Kier alpha value is -2.78. The zero-order valence-corrected chi connectivity index (χ0v) is 11.7. The Morgan fingerprint density at radius 3 is 2.00 bits per heavy atom.